The minimum absolute atomic E-state index is 0.328. The highest BCUT2D eigenvalue weighted by molar-refractivity contribution is 5.77. The van der Waals surface area contributed by atoms with E-state index >= 15 is 0 Å². The Morgan fingerprint density at radius 2 is 2.00 bits per heavy atom. The Morgan fingerprint density at radius 1 is 1.46 bits per heavy atom. The fourth-order valence-electron chi connectivity index (χ4n) is 0.894. The number of ether oxygens (including phenoxy) is 1. The number of carbonyl (C=O) groups is 1. The molecule has 0 saturated heterocycles. The molecule has 1 aromatic heterocycles. The Hall–Kier alpha value is -1.39. The molecule has 13 heavy (non-hydrogen) atoms. The first kappa shape index (κ1) is 9.70. The average Bonchev–Trinajstić information content (AvgIpc) is 2.56. The van der Waals surface area contributed by atoms with Gasteiger partial charge < -0.3 is 4.74 Å². The van der Waals surface area contributed by atoms with Gasteiger partial charge in [0.05, 0.1) is 19.0 Å². The smallest absolute Gasteiger partial charge is 0.335 e. The molecule has 0 saturated carbocycles. The van der Waals surface area contributed by atoms with Crippen molar-refractivity contribution >= 4 is 5.97 Å². The molecule has 5 heteroatoms. The minimum atomic E-state index is -0.834. The van der Waals surface area contributed by atoms with Crippen LogP contribution in [0.25, 0.3) is 0 Å². The first-order chi connectivity index (χ1) is 6.09. The van der Waals surface area contributed by atoms with Crippen LogP contribution in [0.4, 0.5) is 0 Å². The first-order valence-corrected chi connectivity index (χ1v) is 4.13. The Balaban J connectivity index is 2.82. The maximum absolute atomic E-state index is 11.4. The minimum Gasteiger partial charge on any atom is -0.464 e. The second kappa shape index (κ2) is 3.55. The Labute approximate surface area is 76.7 Å². The maximum Gasteiger partial charge on any atom is 0.335 e. The van der Waals surface area contributed by atoms with Crippen LogP contribution in [0.15, 0.2) is 12.4 Å². The maximum atomic E-state index is 11.4. The van der Waals surface area contributed by atoms with Gasteiger partial charge in [-0.1, -0.05) is 0 Å². The van der Waals surface area contributed by atoms with Gasteiger partial charge in [-0.15, -0.1) is 0 Å². The van der Waals surface area contributed by atoms with Crippen LogP contribution < -0.4 is 0 Å². The van der Waals surface area contributed by atoms with Gasteiger partial charge in [-0.3, -0.25) is 0 Å². The molecule has 0 spiro atoms. The number of hydrogen-bond donors (Lipinski definition) is 0. The molecule has 1 aromatic rings. The lowest BCUT2D eigenvalue weighted by molar-refractivity contribution is -0.153. The lowest BCUT2D eigenvalue weighted by Crippen LogP contribution is -2.39. The lowest BCUT2D eigenvalue weighted by Gasteiger charge is -2.20. The number of aromatic nitrogens is 3. The van der Waals surface area contributed by atoms with Gasteiger partial charge in [0.1, 0.15) is 0 Å². The van der Waals surface area contributed by atoms with Crippen molar-refractivity contribution in [1.82, 2.24) is 15.0 Å². The summed E-state index contributed by atoms with van der Waals surface area (Å²) < 4.78 is 4.89. The molecule has 0 atom stereocenters. The van der Waals surface area contributed by atoms with E-state index in [0.717, 1.165) is 0 Å². The zero-order valence-electron chi connectivity index (χ0n) is 8.02. The topological polar surface area (TPSA) is 57.0 Å². The van der Waals surface area contributed by atoms with Crippen LogP contribution in [0.1, 0.15) is 20.8 Å². The van der Waals surface area contributed by atoms with E-state index in [1.54, 1.807) is 20.8 Å². The largest absolute Gasteiger partial charge is 0.464 e. The van der Waals surface area contributed by atoms with Gasteiger partial charge in [0.15, 0.2) is 5.54 Å². The van der Waals surface area contributed by atoms with Gasteiger partial charge in [-0.2, -0.15) is 15.0 Å². The summed E-state index contributed by atoms with van der Waals surface area (Å²) in [4.78, 5) is 12.8. The molecule has 1 rings (SSSR count). The zero-order valence-corrected chi connectivity index (χ0v) is 8.02. The summed E-state index contributed by atoms with van der Waals surface area (Å²) in [6.45, 7) is 5.56. The summed E-state index contributed by atoms with van der Waals surface area (Å²) in [6, 6.07) is 0. The van der Waals surface area contributed by atoms with Gasteiger partial charge in [0, 0.05) is 0 Å². The highest BCUT2D eigenvalue weighted by Crippen LogP contribution is 2.13. The molecule has 0 fully saturated rings. The molecule has 0 aromatic carbocycles. The molecule has 0 aliphatic heterocycles. The van der Waals surface area contributed by atoms with Crippen LogP contribution in [0.3, 0.4) is 0 Å². The van der Waals surface area contributed by atoms with E-state index in [1.807, 2.05) is 0 Å². The summed E-state index contributed by atoms with van der Waals surface area (Å²) in [6.07, 6.45) is 3.06. The predicted molar refractivity (Wildman–Crippen MR) is 46.0 cm³/mol. The summed E-state index contributed by atoms with van der Waals surface area (Å²) in [7, 11) is 0. The molecule has 0 amide bonds. The second-order valence-corrected chi connectivity index (χ2v) is 3.10. The van der Waals surface area contributed by atoms with E-state index in [1.165, 1.54) is 17.2 Å². The Kier molecular flexibility index (Phi) is 2.65. The monoisotopic (exact) mass is 183 g/mol. The summed E-state index contributed by atoms with van der Waals surface area (Å²) >= 11 is 0. The van der Waals surface area contributed by atoms with Gasteiger partial charge >= 0.3 is 5.97 Å². The Bertz CT molecular complexity index is 280. The molecule has 0 aliphatic carbocycles. The molecule has 0 radical (unpaired) electrons. The molecule has 0 aliphatic rings. The van der Waals surface area contributed by atoms with E-state index in [0.29, 0.717) is 6.61 Å². The van der Waals surface area contributed by atoms with Crippen LogP contribution in [-0.2, 0) is 15.1 Å². The molecular formula is C8H13N3O2. The van der Waals surface area contributed by atoms with E-state index in [9.17, 15) is 4.79 Å². The van der Waals surface area contributed by atoms with Crippen molar-refractivity contribution in [2.45, 2.75) is 26.3 Å². The average molecular weight is 183 g/mol. The molecule has 72 valence electrons. The van der Waals surface area contributed by atoms with E-state index in [4.69, 9.17) is 4.74 Å². The van der Waals surface area contributed by atoms with Crippen LogP contribution in [-0.4, -0.2) is 27.6 Å². The quantitative estimate of drug-likeness (QED) is 0.643. The van der Waals surface area contributed by atoms with Gasteiger partial charge in [-0.05, 0) is 20.8 Å². The van der Waals surface area contributed by atoms with Crippen molar-refractivity contribution in [2.75, 3.05) is 6.61 Å². The molecule has 0 unspecified atom stereocenters. The lowest BCUT2D eigenvalue weighted by atomic mass is 10.1. The first-order valence-electron chi connectivity index (χ1n) is 4.13. The third-order valence-electron chi connectivity index (χ3n) is 1.69. The van der Waals surface area contributed by atoms with Crippen LogP contribution in [0.2, 0.25) is 0 Å². The zero-order chi connectivity index (χ0) is 9.90. The molecule has 0 N–H and O–H groups in total. The van der Waals surface area contributed by atoms with E-state index in [2.05, 4.69) is 10.2 Å². The van der Waals surface area contributed by atoms with Crippen LogP contribution in [0, 0.1) is 0 Å². The predicted octanol–water partition coefficient (Wildman–Crippen LogP) is 0.576. The summed E-state index contributed by atoms with van der Waals surface area (Å²) in [5.41, 5.74) is -0.834. The van der Waals surface area contributed by atoms with Crippen molar-refractivity contribution in [1.29, 1.82) is 0 Å². The standard InChI is InChI=1S/C8H13N3O2/c1-4-13-7(12)8(2,3)11-9-5-6-10-11/h5-6H,4H2,1-3H3. The number of carbonyl (C=O) groups excluding carboxylic acids is 1. The SMILES string of the molecule is CCOC(=O)C(C)(C)n1nccn1. The van der Waals surface area contributed by atoms with Crippen LogP contribution >= 0.6 is 0 Å². The molecular weight excluding hydrogens is 170 g/mol. The fraction of sp³-hybridized carbons (Fsp3) is 0.625. The van der Waals surface area contributed by atoms with Crippen molar-refractivity contribution in [3.8, 4) is 0 Å². The van der Waals surface area contributed by atoms with Crippen molar-refractivity contribution in [3.63, 3.8) is 0 Å². The summed E-state index contributed by atoms with van der Waals surface area (Å²) in [5, 5.41) is 7.79. The highest BCUT2D eigenvalue weighted by Gasteiger charge is 2.32. The Morgan fingerprint density at radius 3 is 2.46 bits per heavy atom. The number of esters is 1. The van der Waals surface area contributed by atoms with Crippen molar-refractivity contribution in [2.24, 2.45) is 0 Å². The van der Waals surface area contributed by atoms with Crippen molar-refractivity contribution < 1.29 is 9.53 Å². The normalized spacial score (nSPS) is 11.3. The van der Waals surface area contributed by atoms with E-state index < -0.39 is 5.54 Å². The van der Waals surface area contributed by atoms with Gasteiger partial charge in [-0.25, -0.2) is 4.79 Å². The highest BCUT2D eigenvalue weighted by atomic mass is 16.5. The van der Waals surface area contributed by atoms with Crippen LogP contribution in [0.5, 0.6) is 0 Å². The second-order valence-electron chi connectivity index (χ2n) is 3.10. The molecule has 0 bridgehead atoms. The van der Waals surface area contributed by atoms with Gasteiger partial charge in [0.2, 0.25) is 0 Å². The van der Waals surface area contributed by atoms with Crippen molar-refractivity contribution in [3.05, 3.63) is 12.4 Å². The van der Waals surface area contributed by atoms with E-state index in [-0.39, 0.29) is 5.97 Å². The summed E-state index contributed by atoms with van der Waals surface area (Å²) in [5.74, 6) is -0.328. The molecule has 1 heterocycles. The number of rotatable bonds is 3. The number of nitrogens with zero attached hydrogens (tertiary/aromatic N) is 3. The fourth-order valence-corrected chi connectivity index (χ4v) is 0.894. The van der Waals surface area contributed by atoms with Gasteiger partial charge in [0.25, 0.3) is 0 Å². The third-order valence-corrected chi connectivity index (χ3v) is 1.69. The molecule has 5 nitrogen and oxygen atoms in total. The third kappa shape index (κ3) is 1.85. The number of hydrogen-bond acceptors (Lipinski definition) is 4.